The summed E-state index contributed by atoms with van der Waals surface area (Å²) in [4.78, 5) is 15.2. The third-order valence-electron chi connectivity index (χ3n) is 6.60. The molecule has 0 aromatic heterocycles. The fourth-order valence-electron chi connectivity index (χ4n) is 4.36. The molecule has 2 aromatic rings. The molecule has 7 heteroatoms. The van der Waals surface area contributed by atoms with Gasteiger partial charge >= 0.3 is 0 Å². The summed E-state index contributed by atoms with van der Waals surface area (Å²) < 4.78 is 5.29. The summed E-state index contributed by atoms with van der Waals surface area (Å²) in [6.45, 7) is 8.17. The fourth-order valence-corrected chi connectivity index (χ4v) is 4.53. The average molecular weight is 487 g/mol. The number of halogens is 1. The lowest BCUT2D eigenvalue weighted by Crippen LogP contribution is -2.39. The summed E-state index contributed by atoms with van der Waals surface area (Å²) in [6.07, 6.45) is 5.93. The molecule has 186 valence electrons. The van der Waals surface area contributed by atoms with Gasteiger partial charge in [-0.2, -0.15) is 0 Å². The quantitative estimate of drug-likeness (QED) is 0.301. The Balaban J connectivity index is 1.25. The normalized spacial score (nSPS) is 14.8. The maximum atomic E-state index is 12.6. The van der Waals surface area contributed by atoms with Gasteiger partial charge in [0, 0.05) is 19.2 Å². The molecule has 0 radical (unpaired) electrons. The summed E-state index contributed by atoms with van der Waals surface area (Å²) in [5.74, 6) is 0.776. The van der Waals surface area contributed by atoms with Gasteiger partial charge in [-0.25, -0.2) is 0 Å². The molecule has 0 atom stereocenters. The first-order chi connectivity index (χ1) is 16.5. The van der Waals surface area contributed by atoms with Crippen molar-refractivity contribution < 1.29 is 9.53 Å². The van der Waals surface area contributed by atoms with Crippen molar-refractivity contribution in [3.05, 3.63) is 58.1 Å². The van der Waals surface area contributed by atoms with Gasteiger partial charge in [-0.3, -0.25) is 4.79 Å². The minimum absolute atomic E-state index is 0.169. The fraction of sp³-hybridized carbons (Fsp3) is 0.519. The molecular formula is C27H39ClN4O2. The SMILES string of the molecule is COc1cc(N)c(Cl)cc1C(=O)NCC1CCN(CCCCCNCc2ccc(C)cc2)CC1. The van der Waals surface area contributed by atoms with Crippen molar-refractivity contribution >= 4 is 23.2 Å². The highest BCUT2D eigenvalue weighted by Crippen LogP contribution is 2.29. The van der Waals surface area contributed by atoms with Crippen LogP contribution in [0.2, 0.25) is 5.02 Å². The highest BCUT2D eigenvalue weighted by atomic mass is 35.5. The molecule has 1 aliphatic heterocycles. The number of nitrogens with two attached hydrogens (primary N) is 1. The molecule has 1 fully saturated rings. The van der Waals surface area contributed by atoms with Crippen LogP contribution >= 0.6 is 11.6 Å². The number of carbonyl (C=O) groups is 1. The van der Waals surface area contributed by atoms with Gasteiger partial charge in [0.1, 0.15) is 5.75 Å². The second kappa shape index (κ2) is 13.6. The molecule has 1 aliphatic rings. The highest BCUT2D eigenvalue weighted by molar-refractivity contribution is 6.33. The van der Waals surface area contributed by atoms with Gasteiger partial charge in [-0.1, -0.05) is 47.9 Å². The molecule has 0 saturated carbocycles. The molecule has 0 spiro atoms. The molecule has 2 aromatic carbocycles. The van der Waals surface area contributed by atoms with E-state index in [2.05, 4.69) is 46.7 Å². The van der Waals surface area contributed by atoms with E-state index in [-0.39, 0.29) is 5.91 Å². The summed E-state index contributed by atoms with van der Waals surface area (Å²) in [7, 11) is 1.52. The first kappa shape index (κ1) is 26.3. The Morgan fingerprint density at radius 1 is 1.15 bits per heavy atom. The smallest absolute Gasteiger partial charge is 0.255 e. The zero-order valence-corrected chi connectivity index (χ0v) is 21.3. The molecule has 1 amide bonds. The number of unbranched alkanes of at least 4 members (excludes halogenated alkanes) is 2. The lowest BCUT2D eigenvalue weighted by atomic mass is 9.96. The van der Waals surface area contributed by atoms with Crippen molar-refractivity contribution in [2.75, 3.05) is 45.6 Å². The number of nitrogens with one attached hydrogen (secondary N) is 2. The Labute approximate surface area is 209 Å². The van der Waals surface area contributed by atoms with Crippen molar-refractivity contribution in [1.82, 2.24) is 15.5 Å². The van der Waals surface area contributed by atoms with Crippen LogP contribution in [0, 0.1) is 12.8 Å². The number of rotatable bonds is 12. The van der Waals surface area contributed by atoms with Gasteiger partial charge in [0.25, 0.3) is 5.91 Å². The molecule has 1 saturated heterocycles. The van der Waals surface area contributed by atoms with Crippen LogP contribution in [0.5, 0.6) is 5.75 Å². The number of hydrogen-bond donors (Lipinski definition) is 3. The molecule has 0 unspecified atom stereocenters. The molecule has 6 nitrogen and oxygen atoms in total. The van der Waals surface area contributed by atoms with Crippen LogP contribution in [0.15, 0.2) is 36.4 Å². The van der Waals surface area contributed by atoms with Crippen LogP contribution in [0.1, 0.15) is 53.6 Å². The minimum atomic E-state index is -0.169. The Hall–Kier alpha value is -2.28. The summed E-state index contributed by atoms with van der Waals surface area (Å²) >= 11 is 6.09. The van der Waals surface area contributed by atoms with E-state index in [4.69, 9.17) is 22.1 Å². The first-order valence-corrected chi connectivity index (χ1v) is 12.7. The maximum Gasteiger partial charge on any atom is 0.255 e. The third-order valence-corrected chi connectivity index (χ3v) is 6.93. The summed E-state index contributed by atoms with van der Waals surface area (Å²) in [5.41, 5.74) is 9.29. The maximum absolute atomic E-state index is 12.6. The van der Waals surface area contributed by atoms with Crippen molar-refractivity contribution in [1.29, 1.82) is 0 Å². The zero-order valence-electron chi connectivity index (χ0n) is 20.5. The van der Waals surface area contributed by atoms with Gasteiger partial charge in [0.05, 0.1) is 23.4 Å². The lowest BCUT2D eigenvalue weighted by molar-refractivity contribution is 0.0933. The van der Waals surface area contributed by atoms with Crippen LogP contribution in [-0.2, 0) is 6.54 Å². The van der Waals surface area contributed by atoms with Crippen molar-refractivity contribution in [2.24, 2.45) is 5.92 Å². The van der Waals surface area contributed by atoms with Gasteiger partial charge in [0.2, 0.25) is 0 Å². The number of hydrogen-bond acceptors (Lipinski definition) is 5. The van der Waals surface area contributed by atoms with Crippen LogP contribution in [0.3, 0.4) is 0 Å². The Morgan fingerprint density at radius 3 is 2.59 bits per heavy atom. The second-order valence-corrected chi connectivity index (χ2v) is 9.70. The second-order valence-electron chi connectivity index (χ2n) is 9.29. The predicted molar refractivity (Wildman–Crippen MR) is 141 cm³/mol. The van der Waals surface area contributed by atoms with Crippen LogP contribution in [-0.4, -0.2) is 50.6 Å². The number of aryl methyl sites for hydroxylation is 1. The number of likely N-dealkylation sites (tertiary alicyclic amines) is 1. The summed E-state index contributed by atoms with van der Waals surface area (Å²) in [6, 6.07) is 11.9. The number of benzene rings is 2. The number of amides is 1. The highest BCUT2D eigenvalue weighted by Gasteiger charge is 2.21. The van der Waals surface area contributed by atoms with Gasteiger partial charge in [-0.15, -0.1) is 0 Å². The van der Waals surface area contributed by atoms with E-state index in [9.17, 15) is 4.79 Å². The minimum Gasteiger partial charge on any atom is -0.496 e. The van der Waals surface area contributed by atoms with Crippen molar-refractivity contribution in [3.8, 4) is 5.75 Å². The van der Waals surface area contributed by atoms with Gasteiger partial charge < -0.3 is 26.0 Å². The van der Waals surface area contributed by atoms with Crippen LogP contribution in [0.25, 0.3) is 0 Å². The molecular weight excluding hydrogens is 448 g/mol. The zero-order chi connectivity index (χ0) is 24.3. The molecule has 4 N–H and O–H groups in total. The number of piperidine rings is 1. The van der Waals surface area contributed by atoms with Crippen molar-refractivity contribution in [3.63, 3.8) is 0 Å². The Kier molecular flexibility index (Phi) is 10.5. The van der Waals surface area contributed by atoms with Crippen LogP contribution in [0.4, 0.5) is 5.69 Å². The lowest BCUT2D eigenvalue weighted by Gasteiger charge is -2.32. The number of methoxy groups -OCH3 is 1. The molecule has 0 bridgehead atoms. The number of nitrogen functional groups attached to an aromatic ring is 1. The van der Waals surface area contributed by atoms with E-state index in [0.29, 0.717) is 34.5 Å². The standard InChI is InChI=1S/C27H39ClN4O2/c1-20-6-8-21(9-7-20)18-30-12-4-3-5-13-32-14-10-22(11-15-32)19-31-27(33)23-16-24(28)25(29)17-26(23)34-2/h6-9,16-17,22,30H,3-5,10-15,18-19,29H2,1-2H3,(H,31,33). The van der Waals surface area contributed by atoms with E-state index in [0.717, 1.165) is 45.6 Å². The topological polar surface area (TPSA) is 79.6 Å². The Morgan fingerprint density at radius 2 is 1.88 bits per heavy atom. The van der Waals surface area contributed by atoms with E-state index < -0.39 is 0 Å². The molecule has 0 aliphatic carbocycles. The largest absolute Gasteiger partial charge is 0.496 e. The number of ether oxygens (including phenoxy) is 1. The van der Waals surface area contributed by atoms with E-state index in [1.54, 1.807) is 12.1 Å². The van der Waals surface area contributed by atoms with E-state index >= 15 is 0 Å². The summed E-state index contributed by atoms with van der Waals surface area (Å²) in [5, 5.41) is 6.95. The third kappa shape index (κ3) is 8.19. The Bertz CT molecular complexity index is 912. The van der Waals surface area contributed by atoms with Gasteiger partial charge in [-0.05, 0) is 76.3 Å². The average Bonchev–Trinajstić information content (AvgIpc) is 2.85. The van der Waals surface area contributed by atoms with Crippen LogP contribution < -0.4 is 21.1 Å². The molecule has 1 heterocycles. The first-order valence-electron chi connectivity index (χ1n) is 12.4. The number of carbonyl (C=O) groups excluding carboxylic acids is 1. The number of nitrogens with zero attached hydrogens (tertiary/aromatic N) is 1. The number of anilines is 1. The molecule has 34 heavy (non-hydrogen) atoms. The van der Waals surface area contributed by atoms with E-state index in [1.807, 2.05) is 0 Å². The van der Waals surface area contributed by atoms with Gasteiger partial charge in [0.15, 0.2) is 0 Å². The van der Waals surface area contributed by atoms with Crippen molar-refractivity contribution in [2.45, 2.75) is 45.6 Å². The predicted octanol–water partition coefficient (Wildman–Crippen LogP) is 4.64. The van der Waals surface area contributed by atoms with E-state index in [1.165, 1.54) is 37.5 Å². The monoisotopic (exact) mass is 486 g/mol. The molecule has 3 rings (SSSR count).